The van der Waals surface area contributed by atoms with Crippen LogP contribution in [0, 0.1) is 0 Å². The van der Waals surface area contributed by atoms with Gasteiger partial charge in [-0.3, -0.25) is 0 Å². The second-order valence-corrected chi connectivity index (χ2v) is 4.42. The summed E-state index contributed by atoms with van der Waals surface area (Å²) in [7, 11) is 0. The van der Waals surface area contributed by atoms with Crippen LogP contribution in [0.15, 0.2) is 18.2 Å². The molecule has 1 aromatic carbocycles. The highest BCUT2D eigenvalue weighted by Crippen LogP contribution is 2.41. The van der Waals surface area contributed by atoms with Crippen LogP contribution in [0.2, 0.25) is 0 Å². The smallest absolute Gasteiger partial charge is 0.392 e. The van der Waals surface area contributed by atoms with Gasteiger partial charge in [-0.05, 0) is 19.1 Å². The van der Waals surface area contributed by atoms with Gasteiger partial charge in [-0.2, -0.15) is 13.2 Å². The number of aliphatic hydroxyl groups is 1. The largest absolute Gasteiger partial charge is 0.418 e. The maximum atomic E-state index is 12.9. The van der Waals surface area contributed by atoms with Gasteiger partial charge in [0.1, 0.15) is 0 Å². The fourth-order valence-electron chi connectivity index (χ4n) is 2.17. The van der Waals surface area contributed by atoms with Crippen LogP contribution >= 0.6 is 0 Å². The van der Waals surface area contributed by atoms with E-state index in [0.717, 1.165) is 6.07 Å². The van der Waals surface area contributed by atoms with E-state index in [2.05, 4.69) is 5.32 Å². The van der Waals surface area contributed by atoms with Gasteiger partial charge in [-0.1, -0.05) is 6.07 Å². The zero-order valence-corrected chi connectivity index (χ0v) is 9.96. The van der Waals surface area contributed by atoms with Crippen molar-refractivity contribution in [3.8, 4) is 0 Å². The van der Waals surface area contributed by atoms with Crippen molar-refractivity contribution in [2.24, 2.45) is 0 Å². The van der Waals surface area contributed by atoms with Crippen molar-refractivity contribution in [1.82, 2.24) is 0 Å². The molecule has 1 aliphatic heterocycles. The monoisotopic (exact) mass is 260 g/mol. The van der Waals surface area contributed by atoms with Gasteiger partial charge in [0, 0.05) is 19.6 Å². The minimum absolute atomic E-state index is 0.108. The fourth-order valence-corrected chi connectivity index (χ4v) is 2.17. The molecule has 1 aromatic rings. The maximum Gasteiger partial charge on any atom is 0.418 e. The van der Waals surface area contributed by atoms with Crippen LogP contribution in [0.4, 0.5) is 24.5 Å². The third-order valence-corrected chi connectivity index (χ3v) is 2.86. The normalized spacial score (nSPS) is 17.1. The first kappa shape index (κ1) is 13.0. The Labute approximate surface area is 103 Å². The van der Waals surface area contributed by atoms with Crippen molar-refractivity contribution in [2.45, 2.75) is 19.2 Å². The number of benzene rings is 1. The molecule has 0 aromatic heterocycles. The minimum atomic E-state index is -4.37. The molecule has 100 valence electrons. The lowest BCUT2D eigenvalue weighted by atomic mass is 10.1. The number of para-hydroxylation sites is 1. The molecule has 3 nitrogen and oxygen atoms in total. The molecule has 1 heterocycles. The molecule has 0 spiro atoms. The highest BCUT2D eigenvalue weighted by molar-refractivity contribution is 5.76. The standard InChI is InChI=1S/C12H15F3N2O/c1-8(18)7-17-6-5-16-11-9(12(13,14)15)3-2-4-10(11)17/h2-4,8,16,18H,5-7H2,1H3. The summed E-state index contributed by atoms with van der Waals surface area (Å²) < 4.78 is 38.6. The maximum absolute atomic E-state index is 12.9. The lowest BCUT2D eigenvalue weighted by Gasteiger charge is -2.34. The van der Waals surface area contributed by atoms with Crippen LogP contribution in [0.3, 0.4) is 0 Å². The molecule has 2 rings (SSSR count). The highest BCUT2D eigenvalue weighted by Gasteiger charge is 2.36. The van der Waals surface area contributed by atoms with E-state index in [1.807, 2.05) is 0 Å². The van der Waals surface area contributed by atoms with Crippen molar-refractivity contribution in [2.75, 3.05) is 29.9 Å². The first-order valence-corrected chi connectivity index (χ1v) is 5.76. The minimum Gasteiger partial charge on any atom is -0.392 e. The third kappa shape index (κ3) is 2.53. The number of rotatable bonds is 2. The average molecular weight is 260 g/mol. The number of β-amino-alcohol motifs (C(OH)–C–C–N with tert-alkyl or cyclic N) is 1. The Bertz CT molecular complexity index is 432. The first-order valence-electron chi connectivity index (χ1n) is 5.76. The van der Waals surface area contributed by atoms with E-state index in [1.165, 1.54) is 6.07 Å². The number of fused-ring (bicyclic) bond motifs is 1. The number of aliphatic hydroxyl groups excluding tert-OH is 1. The van der Waals surface area contributed by atoms with Crippen LogP contribution < -0.4 is 10.2 Å². The molecule has 1 atom stereocenters. The zero-order chi connectivity index (χ0) is 13.3. The molecule has 6 heteroatoms. The Balaban J connectivity index is 2.41. The molecule has 18 heavy (non-hydrogen) atoms. The second-order valence-electron chi connectivity index (χ2n) is 4.42. The van der Waals surface area contributed by atoms with E-state index in [4.69, 9.17) is 0 Å². The van der Waals surface area contributed by atoms with Gasteiger partial charge >= 0.3 is 6.18 Å². The van der Waals surface area contributed by atoms with Crippen LogP contribution in [-0.2, 0) is 6.18 Å². The Kier molecular flexibility index (Phi) is 3.38. The van der Waals surface area contributed by atoms with Crippen LogP contribution in [0.1, 0.15) is 12.5 Å². The third-order valence-electron chi connectivity index (χ3n) is 2.86. The van der Waals surface area contributed by atoms with Gasteiger partial charge in [0.05, 0.1) is 23.0 Å². The molecule has 1 unspecified atom stereocenters. The van der Waals surface area contributed by atoms with Gasteiger partial charge in [0.2, 0.25) is 0 Å². The van der Waals surface area contributed by atoms with Crippen molar-refractivity contribution in [1.29, 1.82) is 0 Å². The van der Waals surface area contributed by atoms with E-state index in [-0.39, 0.29) is 5.69 Å². The van der Waals surface area contributed by atoms with E-state index in [1.54, 1.807) is 17.9 Å². The Hall–Kier alpha value is -1.43. The summed E-state index contributed by atoms with van der Waals surface area (Å²) in [5, 5.41) is 12.2. The molecule has 0 radical (unpaired) electrons. The number of alkyl halides is 3. The van der Waals surface area contributed by atoms with Crippen molar-refractivity contribution < 1.29 is 18.3 Å². The van der Waals surface area contributed by atoms with Crippen molar-refractivity contribution in [3.63, 3.8) is 0 Å². The predicted molar refractivity (Wildman–Crippen MR) is 63.8 cm³/mol. The predicted octanol–water partition coefficient (Wildman–Crippen LogP) is 2.32. The topological polar surface area (TPSA) is 35.5 Å². The average Bonchev–Trinajstić information content (AvgIpc) is 2.26. The SMILES string of the molecule is CC(O)CN1CCNc2c1cccc2C(F)(F)F. The van der Waals surface area contributed by atoms with Gasteiger partial charge in [0.25, 0.3) is 0 Å². The zero-order valence-electron chi connectivity index (χ0n) is 9.96. The Morgan fingerprint density at radius 2 is 2.17 bits per heavy atom. The number of hydrogen-bond donors (Lipinski definition) is 2. The number of nitrogens with zero attached hydrogens (tertiary/aromatic N) is 1. The van der Waals surface area contributed by atoms with Crippen molar-refractivity contribution in [3.05, 3.63) is 23.8 Å². The van der Waals surface area contributed by atoms with E-state index in [9.17, 15) is 18.3 Å². The van der Waals surface area contributed by atoms with Gasteiger partial charge in [-0.25, -0.2) is 0 Å². The summed E-state index contributed by atoms with van der Waals surface area (Å²) in [6.45, 7) is 2.97. The van der Waals surface area contributed by atoms with Crippen LogP contribution in [0.25, 0.3) is 0 Å². The summed E-state index contributed by atoms with van der Waals surface area (Å²) >= 11 is 0. The first-order chi connectivity index (χ1) is 8.39. The molecule has 0 saturated carbocycles. The fraction of sp³-hybridized carbons (Fsp3) is 0.500. The molecular formula is C12H15F3N2O. The molecular weight excluding hydrogens is 245 g/mol. The Morgan fingerprint density at radius 3 is 2.78 bits per heavy atom. The molecule has 0 aliphatic carbocycles. The summed E-state index contributed by atoms with van der Waals surface area (Å²) in [5.41, 5.74) is -0.0517. The quantitative estimate of drug-likeness (QED) is 0.856. The molecule has 0 saturated heterocycles. The molecule has 0 bridgehead atoms. The summed E-state index contributed by atoms with van der Waals surface area (Å²) in [6.07, 6.45) is -4.95. The second kappa shape index (κ2) is 4.68. The number of halogens is 3. The summed E-state index contributed by atoms with van der Waals surface area (Å²) in [5.74, 6) is 0. The van der Waals surface area contributed by atoms with E-state index >= 15 is 0 Å². The lowest BCUT2D eigenvalue weighted by molar-refractivity contribution is -0.136. The number of nitrogens with one attached hydrogen (secondary N) is 1. The number of hydrogen-bond acceptors (Lipinski definition) is 3. The van der Waals surface area contributed by atoms with Crippen LogP contribution in [0.5, 0.6) is 0 Å². The van der Waals surface area contributed by atoms with Crippen molar-refractivity contribution >= 4 is 11.4 Å². The molecule has 0 fully saturated rings. The molecule has 0 amide bonds. The van der Waals surface area contributed by atoms with Gasteiger partial charge < -0.3 is 15.3 Å². The lowest BCUT2D eigenvalue weighted by Crippen LogP contribution is -2.39. The van der Waals surface area contributed by atoms with Crippen LogP contribution in [-0.4, -0.2) is 30.8 Å². The van der Waals surface area contributed by atoms with E-state index < -0.39 is 17.8 Å². The molecule has 2 N–H and O–H groups in total. The summed E-state index contributed by atoms with van der Waals surface area (Å²) in [4.78, 5) is 1.77. The van der Waals surface area contributed by atoms with E-state index in [0.29, 0.717) is 25.3 Å². The van der Waals surface area contributed by atoms with Gasteiger partial charge in [-0.15, -0.1) is 0 Å². The highest BCUT2D eigenvalue weighted by atomic mass is 19.4. The Morgan fingerprint density at radius 1 is 1.44 bits per heavy atom. The molecule has 1 aliphatic rings. The summed E-state index contributed by atoms with van der Waals surface area (Å²) in [6, 6.07) is 4.10. The van der Waals surface area contributed by atoms with Gasteiger partial charge in [0.15, 0.2) is 0 Å². The number of anilines is 2.